The van der Waals surface area contributed by atoms with Gasteiger partial charge in [0.05, 0.1) is 0 Å². The van der Waals surface area contributed by atoms with E-state index in [0.29, 0.717) is 5.41 Å². The van der Waals surface area contributed by atoms with Crippen molar-refractivity contribution in [2.45, 2.75) is 46.0 Å². The Bertz CT molecular complexity index is 362. The van der Waals surface area contributed by atoms with E-state index in [1.54, 1.807) is 0 Å². The first-order valence-electron chi connectivity index (χ1n) is 6.27. The number of benzene rings is 1. The zero-order valence-corrected chi connectivity index (χ0v) is 11.9. The van der Waals surface area contributed by atoms with Crippen molar-refractivity contribution in [2.24, 2.45) is 5.41 Å². The minimum atomic E-state index is 0.543. The fourth-order valence-electron chi connectivity index (χ4n) is 2.83. The third-order valence-electron chi connectivity index (χ3n) is 4.10. The van der Waals surface area contributed by atoms with Crippen molar-refractivity contribution >= 4 is 15.9 Å². The highest BCUT2D eigenvalue weighted by Crippen LogP contribution is 2.42. The molecule has 0 radical (unpaired) electrons. The van der Waals surface area contributed by atoms with Crippen LogP contribution in [0, 0.1) is 19.3 Å². The molecule has 1 fully saturated rings. The highest BCUT2D eigenvalue weighted by molar-refractivity contribution is 9.09. The van der Waals surface area contributed by atoms with Crippen LogP contribution in [0.5, 0.6) is 0 Å². The molecule has 0 aliphatic heterocycles. The number of aryl methyl sites for hydroxylation is 2. The van der Waals surface area contributed by atoms with E-state index in [4.69, 9.17) is 0 Å². The quantitative estimate of drug-likeness (QED) is 0.698. The van der Waals surface area contributed by atoms with Crippen LogP contribution in [0.1, 0.15) is 42.4 Å². The molecule has 0 saturated heterocycles. The first-order valence-corrected chi connectivity index (χ1v) is 7.39. The summed E-state index contributed by atoms with van der Waals surface area (Å²) in [4.78, 5) is 0. The number of hydrogen-bond acceptors (Lipinski definition) is 0. The van der Waals surface area contributed by atoms with E-state index in [0.717, 1.165) is 5.33 Å². The van der Waals surface area contributed by atoms with E-state index >= 15 is 0 Å². The van der Waals surface area contributed by atoms with Gasteiger partial charge in [-0.3, -0.25) is 0 Å². The van der Waals surface area contributed by atoms with E-state index in [1.807, 2.05) is 0 Å². The summed E-state index contributed by atoms with van der Waals surface area (Å²) in [6.45, 7) is 4.41. The Morgan fingerprint density at radius 3 is 2.38 bits per heavy atom. The lowest BCUT2D eigenvalue weighted by atomic mass is 9.81. The van der Waals surface area contributed by atoms with Crippen molar-refractivity contribution in [3.05, 3.63) is 34.9 Å². The van der Waals surface area contributed by atoms with Crippen LogP contribution < -0.4 is 0 Å². The predicted octanol–water partition coefficient (Wildman–Crippen LogP) is 4.80. The number of alkyl halides is 1. The Morgan fingerprint density at radius 2 is 1.81 bits per heavy atom. The van der Waals surface area contributed by atoms with Gasteiger partial charge in [0.15, 0.2) is 0 Å². The lowest BCUT2D eigenvalue weighted by molar-refractivity contribution is 0.346. The van der Waals surface area contributed by atoms with Gasteiger partial charge in [-0.05, 0) is 55.2 Å². The molecule has 0 spiro atoms. The first kappa shape index (κ1) is 12.2. The monoisotopic (exact) mass is 280 g/mol. The van der Waals surface area contributed by atoms with Gasteiger partial charge in [0.25, 0.3) is 0 Å². The molecule has 1 heteroatoms. The molecular weight excluding hydrogens is 260 g/mol. The molecule has 1 aliphatic carbocycles. The molecule has 0 nitrogen and oxygen atoms in total. The minimum absolute atomic E-state index is 0.543. The third-order valence-corrected chi connectivity index (χ3v) is 5.29. The van der Waals surface area contributed by atoms with Gasteiger partial charge in [-0.1, -0.05) is 47.0 Å². The summed E-state index contributed by atoms with van der Waals surface area (Å²) in [6, 6.07) is 6.95. The normalized spacial score (nSPS) is 18.9. The van der Waals surface area contributed by atoms with Gasteiger partial charge >= 0.3 is 0 Å². The van der Waals surface area contributed by atoms with Crippen LogP contribution in [-0.4, -0.2) is 5.33 Å². The van der Waals surface area contributed by atoms with E-state index in [-0.39, 0.29) is 0 Å². The van der Waals surface area contributed by atoms with E-state index in [2.05, 4.69) is 48.0 Å². The molecular formula is C15H21Br. The minimum Gasteiger partial charge on any atom is -0.0922 e. The molecule has 2 rings (SSSR count). The van der Waals surface area contributed by atoms with Crippen LogP contribution in [0.15, 0.2) is 18.2 Å². The molecule has 1 saturated carbocycles. The van der Waals surface area contributed by atoms with Gasteiger partial charge in [-0.2, -0.15) is 0 Å². The summed E-state index contributed by atoms with van der Waals surface area (Å²) in [5, 5.41) is 1.16. The van der Waals surface area contributed by atoms with Crippen molar-refractivity contribution in [3.63, 3.8) is 0 Å². The fraction of sp³-hybridized carbons (Fsp3) is 0.600. The highest BCUT2D eigenvalue weighted by Gasteiger charge is 2.32. The summed E-state index contributed by atoms with van der Waals surface area (Å²) >= 11 is 3.72. The third kappa shape index (κ3) is 2.51. The Kier molecular flexibility index (Phi) is 3.73. The lowest BCUT2D eigenvalue weighted by Gasteiger charge is -2.26. The Labute approximate surface area is 108 Å². The topological polar surface area (TPSA) is 0 Å². The molecule has 88 valence electrons. The second-order valence-electron chi connectivity index (χ2n) is 5.44. The van der Waals surface area contributed by atoms with Crippen LogP contribution >= 0.6 is 15.9 Å². The smallest absolute Gasteiger partial charge is 0.00911 e. The molecule has 0 unspecified atom stereocenters. The predicted molar refractivity (Wildman–Crippen MR) is 74.3 cm³/mol. The van der Waals surface area contributed by atoms with Crippen molar-refractivity contribution in [1.82, 2.24) is 0 Å². The number of halogens is 1. The maximum absolute atomic E-state index is 3.72. The molecule has 16 heavy (non-hydrogen) atoms. The van der Waals surface area contributed by atoms with Crippen molar-refractivity contribution in [2.75, 3.05) is 5.33 Å². The maximum Gasteiger partial charge on any atom is 0.00911 e. The standard InChI is InChI=1S/C15H21Br/c1-12-5-6-14(9-13(12)2)10-15(11-16)7-3-4-8-15/h5-6,9H,3-4,7-8,10-11H2,1-2H3. The number of rotatable bonds is 3. The molecule has 0 bridgehead atoms. The van der Waals surface area contributed by atoms with Crippen molar-refractivity contribution in [1.29, 1.82) is 0 Å². The van der Waals surface area contributed by atoms with Crippen LogP contribution in [0.3, 0.4) is 0 Å². The van der Waals surface area contributed by atoms with Gasteiger partial charge in [0, 0.05) is 5.33 Å². The summed E-state index contributed by atoms with van der Waals surface area (Å²) in [7, 11) is 0. The van der Waals surface area contributed by atoms with Crippen molar-refractivity contribution < 1.29 is 0 Å². The molecule has 0 amide bonds. The summed E-state index contributed by atoms with van der Waals surface area (Å²) < 4.78 is 0. The molecule has 1 aliphatic rings. The number of hydrogen-bond donors (Lipinski definition) is 0. The van der Waals surface area contributed by atoms with E-state index in [9.17, 15) is 0 Å². The zero-order chi connectivity index (χ0) is 11.6. The average Bonchev–Trinajstić information content (AvgIpc) is 2.73. The Hall–Kier alpha value is -0.300. The van der Waals surface area contributed by atoms with Gasteiger partial charge in [-0.15, -0.1) is 0 Å². The fourth-order valence-corrected chi connectivity index (χ4v) is 3.59. The van der Waals surface area contributed by atoms with Gasteiger partial charge < -0.3 is 0 Å². The summed E-state index contributed by atoms with van der Waals surface area (Å²) in [5.74, 6) is 0. The molecule has 0 heterocycles. The maximum atomic E-state index is 3.72. The van der Waals surface area contributed by atoms with E-state index in [1.165, 1.54) is 48.8 Å². The van der Waals surface area contributed by atoms with Crippen molar-refractivity contribution in [3.8, 4) is 0 Å². The molecule has 1 aromatic carbocycles. The first-order chi connectivity index (χ1) is 7.65. The molecule has 1 aromatic rings. The molecule has 0 N–H and O–H groups in total. The second kappa shape index (κ2) is 4.91. The second-order valence-corrected chi connectivity index (χ2v) is 6.00. The van der Waals surface area contributed by atoms with Crippen LogP contribution in [0.25, 0.3) is 0 Å². The highest BCUT2D eigenvalue weighted by atomic mass is 79.9. The van der Waals surface area contributed by atoms with Gasteiger partial charge in [0.1, 0.15) is 0 Å². The summed E-state index contributed by atoms with van der Waals surface area (Å²) in [5.41, 5.74) is 4.90. The van der Waals surface area contributed by atoms with Gasteiger partial charge in [-0.25, -0.2) is 0 Å². The van der Waals surface area contributed by atoms with E-state index < -0.39 is 0 Å². The van der Waals surface area contributed by atoms with Crippen LogP contribution in [-0.2, 0) is 6.42 Å². The van der Waals surface area contributed by atoms with Crippen LogP contribution in [0.4, 0.5) is 0 Å². The van der Waals surface area contributed by atoms with Gasteiger partial charge in [0.2, 0.25) is 0 Å². The largest absolute Gasteiger partial charge is 0.0922 e. The van der Waals surface area contributed by atoms with Crippen LogP contribution in [0.2, 0.25) is 0 Å². The summed E-state index contributed by atoms with van der Waals surface area (Å²) in [6.07, 6.45) is 6.86. The zero-order valence-electron chi connectivity index (χ0n) is 10.4. The Morgan fingerprint density at radius 1 is 1.12 bits per heavy atom. The average molecular weight is 281 g/mol. The Balaban J connectivity index is 2.16. The SMILES string of the molecule is Cc1ccc(CC2(CBr)CCCC2)cc1C. The molecule has 0 aromatic heterocycles. The lowest BCUT2D eigenvalue weighted by Crippen LogP contribution is -2.21. The molecule has 0 atom stereocenters.